The number of benzene rings is 1. The number of rotatable bonds is 3. The maximum absolute atomic E-state index is 11.2. The summed E-state index contributed by atoms with van der Waals surface area (Å²) in [7, 11) is 3.37. The standard InChI is InChI=1S/C13H13BrClNO2/c1-16-7-8(3-6-11(17)18-2)9-4-5-10(15)12(14)13(9)16/h4-5,7H,3,6H2,1-2H3. The van der Waals surface area contributed by atoms with Gasteiger partial charge < -0.3 is 9.30 Å². The highest BCUT2D eigenvalue weighted by molar-refractivity contribution is 9.10. The molecule has 0 aliphatic heterocycles. The molecule has 0 radical (unpaired) electrons. The van der Waals surface area contributed by atoms with Gasteiger partial charge in [-0.1, -0.05) is 17.7 Å². The Hall–Kier alpha value is -1.00. The molecule has 0 amide bonds. The predicted octanol–water partition coefficient (Wildman–Crippen LogP) is 3.70. The average Bonchev–Trinajstić information content (AvgIpc) is 2.68. The zero-order valence-corrected chi connectivity index (χ0v) is 12.5. The Balaban J connectivity index is 2.41. The summed E-state index contributed by atoms with van der Waals surface area (Å²) in [5.74, 6) is -0.194. The molecule has 0 atom stereocenters. The van der Waals surface area contributed by atoms with Crippen molar-refractivity contribution in [2.24, 2.45) is 7.05 Å². The smallest absolute Gasteiger partial charge is 0.305 e. The molecule has 0 aliphatic carbocycles. The summed E-state index contributed by atoms with van der Waals surface area (Å²) >= 11 is 9.58. The minimum atomic E-state index is -0.194. The average molecular weight is 331 g/mol. The number of halogens is 2. The van der Waals surface area contributed by atoms with E-state index in [1.165, 1.54) is 7.11 Å². The lowest BCUT2D eigenvalue weighted by atomic mass is 10.1. The maximum atomic E-state index is 11.2. The molecule has 0 spiro atoms. The molecular weight excluding hydrogens is 318 g/mol. The zero-order valence-electron chi connectivity index (χ0n) is 10.2. The summed E-state index contributed by atoms with van der Waals surface area (Å²) in [6, 6.07) is 3.84. The van der Waals surface area contributed by atoms with Gasteiger partial charge in [0, 0.05) is 25.1 Å². The number of methoxy groups -OCH3 is 1. The Labute approximate surface area is 119 Å². The molecule has 2 rings (SSSR count). The van der Waals surface area contributed by atoms with Crippen LogP contribution in [0.25, 0.3) is 10.9 Å². The second-order valence-corrected chi connectivity index (χ2v) is 5.30. The van der Waals surface area contributed by atoms with Gasteiger partial charge in [0.15, 0.2) is 0 Å². The number of fused-ring (bicyclic) bond motifs is 1. The highest BCUT2D eigenvalue weighted by atomic mass is 79.9. The first-order valence-corrected chi connectivity index (χ1v) is 6.70. The fourth-order valence-electron chi connectivity index (χ4n) is 2.05. The van der Waals surface area contributed by atoms with E-state index in [0.29, 0.717) is 17.9 Å². The third-order valence-corrected chi connectivity index (χ3v) is 4.29. The molecule has 0 N–H and O–H groups in total. The highest BCUT2D eigenvalue weighted by Gasteiger charge is 2.12. The SMILES string of the molecule is COC(=O)CCc1cn(C)c2c(Br)c(Cl)ccc12. The Morgan fingerprint density at radius 1 is 1.50 bits per heavy atom. The lowest BCUT2D eigenvalue weighted by Crippen LogP contribution is -2.01. The lowest BCUT2D eigenvalue weighted by molar-refractivity contribution is -0.140. The van der Waals surface area contributed by atoms with E-state index >= 15 is 0 Å². The number of carbonyl (C=O) groups excluding carboxylic acids is 1. The molecule has 0 fully saturated rings. The van der Waals surface area contributed by atoms with Gasteiger partial charge in [-0.05, 0) is 34.0 Å². The maximum Gasteiger partial charge on any atom is 0.305 e. The fraction of sp³-hybridized carbons (Fsp3) is 0.308. The first-order chi connectivity index (χ1) is 8.54. The van der Waals surface area contributed by atoms with Crippen LogP contribution in [0, 0.1) is 0 Å². The first kappa shape index (κ1) is 13.4. The normalized spacial score (nSPS) is 10.9. The minimum absolute atomic E-state index is 0.194. The fourth-order valence-corrected chi connectivity index (χ4v) is 2.83. The molecule has 5 heteroatoms. The van der Waals surface area contributed by atoms with Crippen molar-refractivity contribution in [2.45, 2.75) is 12.8 Å². The zero-order chi connectivity index (χ0) is 13.3. The van der Waals surface area contributed by atoms with Crippen molar-refractivity contribution in [3.05, 3.63) is 33.4 Å². The summed E-state index contributed by atoms with van der Waals surface area (Å²) in [5.41, 5.74) is 2.16. The van der Waals surface area contributed by atoms with Crippen LogP contribution in [-0.2, 0) is 23.0 Å². The van der Waals surface area contributed by atoms with Gasteiger partial charge in [-0.2, -0.15) is 0 Å². The van der Waals surface area contributed by atoms with Gasteiger partial charge in [-0.3, -0.25) is 4.79 Å². The van der Waals surface area contributed by atoms with Crippen LogP contribution in [0.5, 0.6) is 0 Å². The van der Waals surface area contributed by atoms with Gasteiger partial charge in [0.05, 0.1) is 22.1 Å². The second kappa shape index (κ2) is 5.33. The molecule has 0 unspecified atom stereocenters. The van der Waals surface area contributed by atoms with Gasteiger partial charge in [-0.25, -0.2) is 0 Å². The van der Waals surface area contributed by atoms with E-state index in [4.69, 9.17) is 11.6 Å². The molecule has 0 saturated heterocycles. The van der Waals surface area contributed by atoms with Crippen molar-refractivity contribution in [1.82, 2.24) is 4.57 Å². The number of carbonyl (C=O) groups is 1. The van der Waals surface area contributed by atoms with Crippen LogP contribution in [-0.4, -0.2) is 17.6 Å². The van der Waals surface area contributed by atoms with Crippen molar-refractivity contribution in [3.8, 4) is 0 Å². The molecule has 1 heterocycles. The van der Waals surface area contributed by atoms with Crippen molar-refractivity contribution < 1.29 is 9.53 Å². The molecular formula is C13H13BrClNO2. The van der Waals surface area contributed by atoms with Crippen molar-refractivity contribution >= 4 is 44.4 Å². The van der Waals surface area contributed by atoms with Gasteiger partial charge in [0.2, 0.25) is 0 Å². The number of nitrogens with zero attached hydrogens (tertiary/aromatic N) is 1. The van der Waals surface area contributed by atoms with Crippen molar-refractivity contribution in [3.63, 3.8) is 0 Å². The molecule has 96 valence electrons. The number of hydrogen-bond acceptors (Lipinski definition) is 2. The Morgan fingerprint density at radius 2 is 2.22 bits per heavy atom. The highest BCUT2D eigenvalue weighted by Crippen LogP contribution is 2.33. The minimum Gasteiger partial charge on any atom is -0.469 e. The third-order valence-electron chi connectivity index (χ3n) is 2.94. The van der Waals surface area contributed by atoms with Crippen molar-refractivity contribution in [2.75, 3.05) is 7.11 Å². The quantitative estimate of drug-likeness (QED) is 0.804. The van der Waals surface area contributed by atoms with Crippen LogP contribution < -0.4 is 0 Å². The van der Waals surface area contributed by atoms with E-state index in [1.54, 1.807) is 0 Å². The van der Waals surface area contributed by atoms with E-state index < -0.39 is 0 Å². The van der Waals surface area contributed by atoms with E-state index in [-0.39, 0.29) is 5.97 Å². The van der Waals surface area contributed by atoms with Crippen LogP contribution in [0.2, 0.25) is 5.02 Å². The third kappa shape index (κ3) is 2.40. The molecule has 0 bridgehead atoms. The monoisotopic (exact) mass is 329 g/mol. The van der Waals surface area contributed by atoms with Crippen LogP contribution >= 0.6 is 27.5 Å². The molecule has 2 aromatic rings. The summed E-state index contributed by atoms with van der Waals surface area (Å²) in [6.07, 6.45) is 3.07. The summed E-state index contributed by atoms with van der Waals surface area (Å²) in [5, 5.41) is 1.79. The number of ether oxygens (including phenoxy) is 1. The molecule has 1 aromatic carbocycles. The van der Waals surface area contributed by atoms with Gasteiger partial charge in [-0.15, -0.1) is 0 Å². The molecule has 18 heavy (non-hydrogen) atoms. The lowest BCUT2D eigenvalue weighted by Gasteiger charge is -2.02. The largest absolute Gasteiger partial charge is 0.469 e. The number of hydrogen-bond donors (Lipinski definition) is 0. The van der Waals surface area contributed by atoms with Crippen LogP contribution in [0.1, 0.15) is 12.0 Å². The second-order valence-electron chi connectivity index (χ2n) is 4.10. The van der Waals surface area contributed by atoms with Crippen LogP contribution in [0.15, 0.2) is 22.8 Å². The van der Waals surface area contributed by atoms with E-state index in [0.717, 1.165) is 20.9 Å². The topological polar surface area (TPSA) is 31.2 Å². The van der Waals surface area contributed by atoms with E-state index in [2.05, 4.69) is 20.7 Å². The number of aryl methyl sites for hydroxylation is 2. The first-order valence-electron chi connectivity index (χ1n) is 5.53. The molecule has 3 nitrogen and oxygen atoms in total. The number of esters is 1. The summed E-state index contributed by atoms with van der Waals surface area (Å²) in [6.45, 7) is 0. The number of aromatic nitrogens is 1. The Bertz CT molecular complexity index is 607. The molecule has 0 aliphatic rings. The van der Waals surface area contributed by atoms with Crippen molar-refractivity contribution in [1.29, 1.82) is 0 Å². The molecule has 0 saturated carbocycles. The van der Waals surface area contributed by atoms with Crippen LogP contribution in [0.3, 0.4) is 0 Å². The van der Waals surface area contributed by atoms with Gasteiger partial charge in [0.25, 0.3) is 0 Å². The van der Waals surface area contributed by atoms with Gasteiger partial charge >= 0.3 is 5.97 Å². The van der Waals surface area contributed by atoms with E-state index in [1.807, 2.05) is 29.9 Å². The molecule has 1 aromatic heterocycles. The Morgan fingerprint density at radius 3 is 2.89 bits per heavy atom. The summed E-state index contributed by atoms with van der Waals surface area (Å²) in [4.78, 5) is 11.2. The van der Waals surface area contributed by atoms with E-state index in [9.17, 15) is 4.79 Å². The summed E-state index contributed by atoms with van der Waals surface area (Å²) < 4.78 is 7.55. The predicted molar refractivity (Wildman–Crippen MR) is 76.0 cm³/mol. The van der Waals surface area contributed by atoms with Crippen LogP contribution in [0.4, 0.5) is 0 Å². The Kier molecular flexibility index (Phi) is 3.97. The van der Waals surface area contributed by atoms with Gasteiger partial charge in [0.1, 0.15) is 0 Å².